The molecule has 34 heavy (non-hydrogen) atoms. The van der Waals surface area contributed by atoms with Crippen LogP contribution in [0.2, 0.25) is 0 Å². The molecule has 0 rings (SSSR count). The first-order valence-corrected chi connectivity index (χ1v) is 16.6. The highest BCUT2D eigenvalue weighted by atomic mass is 14.1. The first-order valence-electron chi connectivity index (χ1n) is 16.6. The van der Waals surface area contributed by atoms with Crippen molar-refractivity contribution < 1.29 is 0 Å². The van der Waals surface area contributed by atoms with E-state index in [-0.39, 0.29) is 0 Å². The van der Waals surface area contributed by atoms with Crippen LogP contribution in [0.15, 0.2) is 0 Å². The molecule has 0 nitrogen and oxygen atoms in total. The average molecular weight is 479 g/mol. The zero-order chi connectivity index (χ0) is 25.1. The summed E-state index contributed by atoms with van der Waals surface area (Å²) in [6.07, 6.45) is 38.2. The molecule has 0 saturated carbocycles. The zero-order valence-electron chi connectivity index (χ0n) is 25.1. The average Bonchev–Trinajstić information content (AvgIpc) is 2.81. The molecule has 0 aliphatic rings. The van der Waals surface area contributed by atoms with Crippen molar-refractivity contribution in [2.24, 2.45) is 17.8 Å². The van der Waals surface area contributed by atoms with Crippen LogP contribution in [0.5, 0.6) is 0 Å². The number of unbranched alkanes of at least 4 members (excludes halogenated alkanes) is 18. The number of hydrogen-bond acceptors (Lipinski definition) is 0. The molecule has 0 aliphatic carbocycles. The number of hydrogen-bond donors (Lipinski definition) is 0. The molecule has 0 aliphatic heterocycles. The first-order chi connectivity index (χ1) is 16.6. The Hall–Kier alpha value is 0. The Morgan fingerprint density at radius 2 is 0.529 bits per heavy atom. The second-order valence-electron chi connectivity index (χ2n) is 12.6. The molecule has 0 spiro atoms. The summed E-state index contributed by atoms with van der Waals surface area (Å²) in [7, 11) is 0. The summed E-state index contributed by atoms with van der Waals surface area (Å²) in [5, 5.41) is 0. The topological polar surface area (TPSA) is 0 Å². The predicted molar refractivity (Wildman–Crippen MR) is 159 cm³/mol. The third-order valence-corrected chi connectivity index (χ3v) is 8.17. The van der Waals surface area contributed by atoms with Gasteiger partial charge in [0.1, 0.15) is 0 Å². The molecule has 0 heteroatoms. The summed E-state index contributed by atoms with van der Waals surface area (Å²) in [4.78, 5) is 0. The van der Waals surface area contributed by atoms with Gasteiger partial charge in [-0.05, 0) is 17.8 Å². The minimum absolute atomic E-state index is 0.894. The molecule has 2 atom stereocenters. The van der Waals surface area contributed by atoms with Gasteiger partial charge in [-0.2, -0.15) is 0 Å². The zero-order valence-corrected chi connectivity index (χ0v) is 25.1. The smallest absolute Gasteiger partial charge is 0.0443 e. The van der Waals surface area contributed by atoms with Gasteiger partial charge >= 0.3 is 0 Å². The van der Waals surface area contributed by atoms with Crippen LogP contribution in [0.3, 0.4) is 0 Å². The Labute approximate surface area is 219 Å². The van der Waals surface area contributed by atoms with Gasteiger partial charge < -0.3 is 0 Å². The summed E-state index contributed by atoms with van der Waals surface area (Å²) in [6, 6.07) is 0. The molecule has 206 valence electrons. The molecule has 0 bridgehead atoms. The maximum Gasteiger partial charge on any atom is -0.0443 e. The van der Waals surface area contributed by atoms with Crippen LogP contribution < -0.4 is 0 Å². The Bertz CT molecular complexity index is 357. The summed E-state index contributed by atoms with van der Waals surface area (Å²) < 4.78 is 0. The van der Waals surface area contributed by atoms with Gasteiger partial charge in [0.25, 0.3) is 0 Å². The molecule has 0 aromatic rings. The Morgan fingerprint density at radius 3 is 0.824 bits per heavy atom. The van der Waals surface area contributed by atoms with Gasteiger partial charge in [0.2, 0.25) is 0 Å². The highest BCUT2D eigenvalue weighted by Crippen LogP contribution is 2.21. The van der Waals surface area contributed by atoms with Crippen LogP contribution in [-0.2, 0) is 0 Å². The molecule has 0 heterocycles. The maximum absolute atomic E-state index is 2.50. The monoisotopic (exact) mass is 479 g/mol. The summed E-state index contributed by atoms with van der Waals surface area (Å²) >= 11 is 0. The quantitative estimate of drug-likeness (QED) is 0.0980. The molecule has 0 N–H and O–H groups in total. The van der Waals surface area contributed by atoms with E-state index in [4.69, 9.17) is 0 Å². The van der Waals surface area contributed by atoms with Crippen molar-refractivity contribution >= 4 is 0 Å². The van der Waals surface area contributed by atoms with Gasteiger partial charge in [-0.25, -0.2) is 0 Å². The van der Waals surface area contributed by atoms with Gasteiger partial charge in [-0.3, -0.25) is 0 Å². The minimum Gasteiger partial charge on any atom is -0.0654 e. The summed E-state index contributed by atoms with van der Waals surface area (Å²) in [6.45, 7) is 12.0. The Balaban J connectivity index is 3.26. The van der Waals surface area contributed by atoms with E-state index in [9.17, 15) is 0 Å². The van der Waals surface area contributed by atoms with Crippen molar-refractivity contribution in [1.29, 1.82) is 0 Å². The minimum atomic E-state index is 0.894. The largest absolute Gasteiger partial charge is 0.0654 e. The first kappa shape index (κ1) is 34.0. The van der Waals surface area contributed by atoms with Crippen molar-refractivity contribution in [2.45, 2.75) is 202 Å². The molecule has 0 fully saturated rings. The van der Waals surface area contributed by atoms with Gasteiger partial charge in [-0.1, -0.05) is 202 Å². The second kappa shape index (κ2) is 27.6. The van der Waals surface area contributed by atoms with Crippen molar-refractivity contribution in [1.82, 2.24) is 0 Å². The normalized spacial score (nSPS) is 13.6. The van der Waals surface area contributed by atoms with Crippen LogP contribution in [0.4, 0.5) is 0 Å². The van der Waals surface area contributed by atoms with E-state index in [1.807, 2.05) is 0 Å². The van der Waals surface area contributed by atoms with Crippen LogP contribution in [0.25, 0.3) is 0 Å². The molecule has 0 radical (unpaired) electrons. The molecular weight excluding hydrogens is 408 g/mol. The fourth-order valence-electron chi connectivity index (χ4n) is 5.54. The van der Waals surface area contributed by atoms with Crippen LogP contribution in [0.1, 0.15) is 202 Å². The van der Waals surface area contributed by atoms with Crippen LogP contribution >= 0.6 is 0 Å². The fraction of sp³-hybridized carbons (Fsp3) is 1.00. The lowest BCUT2D eigenvalue weighted by Gasteiger charge is -2.13. The van der Waals surface area contributed by atoms with Gasteiger partial charge in [0.05, 0.1) is 0 Å². The van der Waals surface area contributed by atoms with Crippen LogP contribution in [-0.4, -0.2) is 0 Å². The predicted octanol–water partition coefficient (Wildman–Crippen LogP) is 13.1. The number of rotatable bonds is 28. The SMILES string of the molecule is CCCCCCCCCCC(C)CCCCCC(C)CCCCCCCCCCCCC(C)C. The molecular formula is C34H70. The van der Waals surface area contributed by atoms with E-state index < -0.39 is 0 Å². The highest BCUT2D eigenvalue weighted by Gasteiger charge is 2.05. The Morgan fingerprint density at radius 1 is 0.294 bits per heavy atom. The van der Waals surface area contributed by atoms with Crippen molar-refractivity contribution in [3.63, 3.8) is 0 Å². The third kappa shape index (κ3) is 28.2. The van der Waals surface area contributed by atoms with E-state index >= 15 is 0 Å². The molecule has 0 saturated heterocycles. The second-order valence-corrected chi connectivity index (χ2v) is 12.6. The third-order valence-electron chi connectivity index (χ3n) is 8.17. The highest BCUT2D eigenvalue weighted by molar-refractivity contribution is 4.59. The maximum atomic E-state index is 2.50. The van der Waals surface area contributed by atoms with Crippen LogP contribution in [0, 0.1) is 17.8 Å². The summed E-state index contributed by atoms with van der Waals surface area (Å²) in [5.74, 6) is 2.81. The fourth-order valence-corrected chi connectivity index (χ4v) is 5.54. The lowest BCUT2D eigenvalue weighted by atomic mass is 9.93. The van der Waals surface area contributed by atoms with Crippen molar-refractivity contribution in [3.05, 3.63) is 0 Å². The van der Waals surface area contributed by atoms with Gasteiger partial charge in [-0.15, -0.1) is 0 Å². The van der Waals surface area contributed by atoms with Crippen molar-refractivity contribution in [2.75, 3.05) is 0 Å². The lowest BCUT2D eigenvalue weighted by Crippen LogP contribution is -1.97. The molecule has 0 amide bonds. The molecule has 0 aromatic heterocycles. The standard InChI is InChI=1S/C34H70/c1-6-7-8-9-10-16-19-23-28-33(4)30-25-21-26-31-34(5)29-24-20-17-14-12-11-13-15-18-22-27-32(2)3/h32-34H,6-31H2,1-5H3. The van der Waals surface area contributed by atoms with E-state index in [0.29, 0.717) is 0 Å². The van der Waals surface area contributed by atoms with Gasteiger partial charge in [0, 0.05) is 0 Å². The van der Waals surface area contributed by atoms with E-state index in [1.54, 1.807) is 0 Å². The molecule has 0 aromatic carbocycles. The van der Waals surface area contributed by atoms with E-state index in [0.717, 1.165) is 17.8 Å². The summed E-state index contributed by atoms with van der Waals surface area (Å²) in [5.41, 5.74) is 0. The lowest BCUT2D eigenvalue weighted by molar-refractivity contribution is 0.407. The Kier molecular flexibility index (Phi) is 27.6. The van der Waals surface area contributed by atoms with E-state index in [1.165, 1.54) is 167 Å². The van der Waals surface area contributed by atoms with Gasteiger partial charge in [0.15, 0.2) is 0 Å². The van der Waals surface area contributed by atoms with Crippen molar-refractivity contribution in [3.8, 4) is 0 Å². The van der Waals surface area contributed by atoms with E-state index in [2.05, 4.69) is 34.6 Å². The molecule has 2 unspecified atom stereocenters.